The molecule has 0 fully saturated rings. The van der Waals surface area contributed by atoms with Crippen molar-refractivity contribution in [2.75, 3.05) is 98.7 Å². The van der Waals surface area contributed by atoms with Gasteiger partial charge in [0.1, 0.15) is 55.8 Å². The van der Waals surface area contributed by atoms with Gasteiger partial charge in [0.25, 0.3) is 0 Å². The molecule has 0 radical (unpaired) electrons. The number of nitrogens with one attached hydrogen (secondary N) is 11. The molecule has 5 unspecified atom stereocenters. The molecule has 29 nitrogen and oxygen atoms in total. The molecule has 103 heavy (non-hydrogen) atoms. The van der Waals surface area contributed by atoms with Crippen molar-refractivity contribution in [1.29, 1.82) is 0 Å². The molecule has 32 heteroatoms. The number of carbonyl (C=O) groups is 13. The first kappa shape index (κ1) is 88.2. The summed E-state index contributed by atoms with van der Waals surface area (Å²) in [6, 6.07) is 28.0. The Hall–Kier alpha value is -7.17. The average Bonchev–Trinajstić information content (AvgIpc) is 1.62. The third kappa shape index (κ3) is 35.0. The molecule has 0 bridgehead atoms. The van der Waals surface area contributed by atoms with Crippen molar-refractivity contribution in [3.63, 3.8) is 0 Å². The SMILES string of the molecule is CC(=O)CNC(=O)C(CC(C)C)NC(=O)C(Cc1ccccc1)NC(=O)CNC(=O)COCCOCCNC(=O)CCC(NC(=O)OCC1c2ccccc2-c2ccccc21)C(=O)NCCOCCOCC(=O)NCC(=O)NC(Cc1ccccc1)C(=O)NC(CC(C)C)C(=O)NCC(=O)[P-]I.[K+]. The van der Waals surface area contributed by atoms with Gasteiger partial charge in [0.15, 0.2) is 0 Å². The fraction of sp³-hybridized carbons (Fsp3) is 0.479. The zero-order valence-corrected chi connectivity index (χ0v) is 65.2. The van der Waals surface area contributed by atoms with Gasteiger partial charge in [-0.05, 0) is 71.4 Å². The summed E-state index contributed by atoms with van der Waals surface area (Å²) in [5, 5.41) is 28.7. The smallest absolute Gasteiger partial charge is 0.449 e. The summed E-state index contributed by atoms with van der Waals surface area (Å²) in [5.74, 6) is -6.56. The van der Waals surface area contributed by atoms with E-state index in [2.05, 4.69) is 58.5 Å². The first-order valence-corrected chi connectivity index (χ1v) is 37.3. The fourth-order valence-electron chi connectivity index (χ4n) is 10.5. The molecule has 1 aliphatic carbocycles. The van der Waals surface area contributed by atoms with Crippen LogP contribution in [0, 0.1) is 11.8 Å². The van der Waals surface area contributed by atoms with Crippen molar-refractivity contribution in [2.45, 2.75) is 109 Å². The van der Waals surface area contributed by atoms with E-state index in [1.54, 1.807) is 60.7 Å². The summed E-state index contributed by atoms with van der Waals surface area (Å²) in [6.07, 6.45) is -0.0570. The number of amides is 11. The van der Waals surface area contributed by atoms with E-state index in [0.717, 1.165) is 33.4 Å². The molecule has 554 valence electrons. The molecule has 0 spiro atoms. The minimum atomic E-state index is -1.22. The Kier molecular flexibility index (Phi) is 42.4. The number of alkyl carbamates (subject to hydrolysis) is 1. The molecule has 4 aromatic carbocycles. The maximum Gasteiger partial charge on any atom is 1.00 e. The molecular formula is C71H94IKN11O18P. The Labute approximate surface area is 657 Å². The van der Waals surface area contributed by atoms with Crippen LogP contribution in [0.1, 0.15) is 88.5 Å². The fourth-order valence-corrected chi connectivity index (χ4v) is 11.1. The van der Waals surface area contributed by atoms with Crippen LogP contribution in [0.25, 0.3) is 11.1 Å². The molecule has 1 aliphatic rings. The first-order chi connectivity index (χ1) is 49.0. The van der Waals surface area contributed by atoms with E-state index < -0.39 is 122 Å². The number of ketones is 1. The number of hydrogen-bond donors (Lipinski definition) is 11. The van der Waals surface area contributed by atoms with Crippen molar-refractivity contribution in [2.24, 2.45) is 11.8 Å². The molecule has 0 saturated heterocycles. The van der Waals surface area contributed by atoms with Crippen molar-refractivity contribution in [3.8, 4) is 11.1 Å². The van der Waals surface area contributed by atoms with Crippen LogP contribution < -0.4 is 110 Å². The zero-order valence-electron chi connectivity index (χ0n) is 59.0. The minimum absolute atomic E-state index is 0. The van der Waals surface area contributed by atoms with Gasteiger partial charge < -0.3 is 115 Å². The van der Waals surface area contributed by atoms with Gasteiger partial charge in [-0.15, -0.1) is 0 Å². The molecule has 0 aliphatic heterocycles. The Balaban J connectivity index is 0.0000225. The van der Waals surface area contributed by atoms with Crippen LogP contribution in [0.2, 0.25) is 0 Å². The molecule has 0 saturated carbocycles. The summed E-state index contributed by atoms with van der Waals surface area (Å²) < 4.78 is 27.7. The standard InChI is InChI=1S/C71H94IN11O18P.K/c1-45(2)34-56(67(92)77-38-47(5)84)81-69(94)58(36-48-16-8-6-9-17-48)79-61(86)39-75-63(88)43-99-32-30-97-28-26-73-60(85)25-24-55(83-71(96)101-42-54-52-22-14-12-20-50(52)51-21-13-15-23-53(51)54)66(91)74-27-29-98-31-33-100-44-64(89)76-40-62(87)80-59(37-49-18-10-7-11-19-49)70(95)82-57(35-46(3)4)68(93)78-41-65(90)102-72;/h6-23,45-46,54-59H,24-44H2,1-5H3,(H,73,85)(H,74,91)(H,75,88)(H,76,89)(H,77,92)(H,78,93)(H,79,86)(H,80,87)(H,81,94)(H,82,95)(H,83,96);/q-1;+1. The monoisotopic (exact) mass is 1590 g/mol. The second kappa shape index (κ2) is 49.5. The van der Waals surface area contributed by atoms with E-state index in [-0.39, 0.29) is 191 Å². The van der Waals surface area contributed by atoms with Crippen LogP contribution in [0.5, 0.6) is 0 Å². The van der Waals surface area contributed by atoms with E-state index in [1.165, 1.54) is 6.92 Å². The molecule has 0 heterocycles. The van der Waals surface area contributed by atoms with Gasteiger partial charge in [-0.25, -0.2) is 4.79 Å². The minimum Gasteiger partial charge on any atom is -0.449 e. The number of halogens is 1. The molecule has 11 N–H and O–H groups in total. The Morgan fingerprint density at radius 2 is 0.854 bits per heavy atom. The van der Waals surface area contributed by atoms with Crippen LogP contribution in [-0.4, -0.2) is 205 Å². The van der Waals surface area contributed by atoms with Gasteiger partial charge in [0.05, 0.1) is 59.3 Å². The number of carbonyl (C=O) groups excluding carboxylic acids is 13. The van der Waals surface area contributed by atoms with Gasteiger partial charge in [0.2, 0.25) is 59.1 Å². The van der Waals surface area contributed by atoms with Gasteiger partial charge in [-0.3, -0.25) is 52.7 Å². The van der Waals surface area contributed by atoms with Gasteiger partial charge in [0, 0.05) is 50.3 Å². The third-order valence-electron chi connectivity index (χ3n) is 15.4. The summed E-state index contributed by atoms with van der Waals surface area (Å²) in [5.41, 5.74) is 5.26. The van der Waals surface area contributed by atoms with Crippen molar-refractivity contribution >= 4 is 105 Å². The Bertz CT molecular complexity index is 3390. The van der Waals surface area contributed by atoms with Crippen LogP contribution in [0.3, 0.4) is 0 Å². The number of benzene rings is 4. The molecule has 0 aromatic heterocycles. The number of ether oxygens (including phenoxy) is 5. The van der Waals surface area contributed by atoms with Gasteiger partial charge in [-0.2, -0.15) is 0 Å². The van der Waals surface area contributed by atoms with E-state index in [1.807, 2.05) is 98.3 Å². The second-order valence-corrected chi connectivity index (χ2v) is 26.8. The molecule has 4 aromatic rings. The van der Waals surface area contributed by atoms with E-state index >= 15 is 0 Å². The maximum atomic E-state index is 13.6. The number of rotatable bonds is 48. The summed E-state index contributed by atoms with van der Waals surface area (Å²) in [4.78, 5) is 168. The molecule has 11 amide bonds. The predicted molar refractivity (Wildman–Crippen MR) is 386 cm³/mol. The van der Waals surface area contributed by atoms with Crippen molar-refractivity contribution in [3.05, 3.63) is 131 Å². The normalized spacial score (nSPS) is 12.9. The summed E-state index contributed by atoms with van der Waals surface area (Å²) in [7, 11) is 0. The van der Waals surface area contributed by atoms with Crippen LogP contribution in [0.15, 0.2) is 109 Å². The zero-order chi connectivity index (χ0) is 74.2. The summed E-state index contributed by atoms with van der Waals surface area (Å²) in [6.45, 7) is 6.59. The molecule has 5 rings (SSSR count). The quantitative estimate of drug-likeness (QED) is 0.0113. The molecular weight excluding hydrogens is 1490 g/mol. The third-order valence-corrected chi connectivity index (χ3v) is 17.4. The Morgan fingerprint density at radius 3 is 1.31 bits per heavy atom. The first-order valence-electron chi connectivity index (χ1n) is 33.7. The van der Waals surface area contributed by atoms with E-state index in [9.17, 15) is 62.3 Å². The van der Waals surface area contributed by atoms with E-state index in [0.29, 0.717) is 6.22 Å². The second-order valence-electron chi connectivity index (χ2n) is 24.7. The number of hydrogen-bond acceptors (Lipinski definition) is 18. The number of Topliss-reactive ketones (excluding diaryl/α,β-unsaturated/α-hetero) is 1. The predicted octanol–water partition coefficient (Wildman–Crippen LogP) is -0.630. The van der Waals surface area contributed by atoms with Gasteiger partial charge in [-0.1, -0.05) is 137 Å². The summed E-state index contributed by atoms with van der Waals surface area (Å²) >= 11 is 1.87. The van der Waals surface area contributed by atoms with Crippen molar-refractivity contribution in [1.82, 2.24) is 58.5 Å². The maximum absolute atomic E-state index is 13.6. The van der Waals surface area contributed by atoms with Gasteiger partial charge >= 0.3 is 57.5 Å². The largest absolute Gasteiger partial charge is 1.00 e. The molecule has 5 atom stereocenters. The van der Waals surface area contributed by atoms with Crippen LogP contribution in [0.4, 0.5) is 4.79 Å². The number of fused-ring (bicyclic) bond motifs is 3. The Morgan fingerprint density at radius 1 is 0.427 bits per heavy atom. The van der Waals surface area contributed by atoms with Crippen LogP contribution >= 0.6 is 28.3 Å². The average molecular weight is 1590 g/mol. The van der Waals surface area contributed by atoms with Crippen molar-refractivity contribution < 1.29 is 137 Å². The topological polar surface area (TPSA) is 400 Å². The van der Waals surface area contributed by atoms with E-state index in [4.69, 9.17) is 23.7 Å². The van der Waals surface area contributed by atoms with Crippen LogP contribution in [-0.2, 0) is 94.1 Å².